The van der Waals surface area contributed by atoms with Crippen molar-refractivity contribution >= 4 is 5.78 Å². The maximum absolute atomic E-state index is 11.9. The number of ketones is 1. The van der Waals surface area contributed by atoms with Crippen LogP contribution in [0.15, 0.2) is 30.3 Å². The van der Waals surface area contributed by atoms with Crippen LogP contribution in [0.3, 0.4) is 0 Å². The van der Waals surface area contributed by atoms with Gasteiger partial charge < -0.3 is 10.2 Å². The van der Waals surface area contributed by atoms with E-state index in [0.29, 0.717) is 18.6 Å². The smallest absolute Gasteiger partial charge is 0.139 e. The number of hydrogen-bond donors (Lipinski definition) is 2. The molecule has 1 aromatic carbocycles. The molecule has 0 aromatic heterocycles. The van der Waals surface area contributed by atoms with Crippen LogP contribution in [-0.2, 0) is 11.2 Å². The van der Waals surface area contributed by atoms with E-state index < -0.39 is 12.2 Å². The van der Waals surface area contributed by atoms with Crippen molar-refractivity contribution in [3.63, 3.8) is 0 Å². The molecule has 23 heavy (non-hydrogen) atoms. The number of rotatable bonds is 3. The molecule has 0 radical (unpaired) electrons. The van der Waals surface area contributed by atoms with Crippen LogP contribution in [-0.4, -0.2) is 28.2 Å². The van der Waals surface area contributed by atoms with Gasteiger partial charge in [0.05, 0.1) is 12.0 Å². The van der Waals surface area contributed by atoms with Crippen molar-refractivity contribution in [2.24, 2.45) is 23.7 Å². The summed E-state index contributed by atoms with van der Waals surface area (Å²) in [7, 11) is 0. The summed E-state index contributed by atoms with van der Waals surface area (Å²) in [5.74, 6) is 6.38. The first-order valence-electron chi connectivity index (χ1n) is 8.52. The Bertz CT molecular complexity index is 613. The van der Waals surface area contributed by atoms with Gasteiger partial charge in [-0.15, -0.1) is 0 Å². The molecule has 3 rings (SSSR count). The van der Waals surface area contributed by atoms with E-state index in [1.807, 2.05) is 37.3 Å². The molecule has 2 aliphatic carbocycles. The van der Waals surface area contributed by atoms with Crippen LogP contribution < -0.4 is 0 Å². The van der Waals surface area contributed by atoms with E-state index >= 15 is 0 Å². The molecule has 6 atom stereocenters. The number of Topliss-reactive ketones (excluding diaryl/α,β-unsaturated/α-hetero) is 1. The Balaban J connectivity index is 1.59. The largest absolute Gasteiger partial charge is 0.392 e. The van der Waals surface area contributed by atoms with Gasteiger partial charge in [0, 0.05) is 11.8 Å². The number of carbonyl (C=O) groups is 1. The minimum absolute atomic E-state index is 0.00397. The lowest BCUT2D eigenvalue weighted by atomic mass is 9.53. The van der Waals surface area contributed by atoms with Gasteiger partial charge in [0.2, 0.25) is 0 Å². The highest BCUT2D eigenvalue weighted by Gasteiger charge is 2.54. The van der Waals surface area contributed by atoms with Crippen LogP contribution in [0.5, 0.6) is 0 Å². The van der Waals surface area contributed by atoms with Crippen molar-refractivity contribution in [3.05, 3.63) is 35.9 Å². The third kappa shape index (κ3) is 3.34. The van der Waals surface area contributed by atoms with E-state index in [4.69, 9.17) is 0 Å². The lowest BCUT2D eigenvalue weighted by molar-refractivity contribution is -0.151. The van der Waals surface area contributed by atoms with Crippen LogP contribution in [0.25, 0.3) is 0 Å². The summed E-state index contributed by atoms with van der Waals surface area (Å²) < 4.78 is 0. The summed E-state index contributed by atoms with van der Waals surface area (Å²) in [6, 6.07) is 10.0. The topological polar surface area (TPSA) is 57.5 Å². The summed E-state index contributed by atoms with van der Waals surface area (Å²) in [5, 5.41) is 20.3. The first-order chi connectivity index (χ1) is 11.1. The van der Waals surface area contributed by atoms with Gasteiger partial charge in [-0.1, -0.05) is 49.1 Å². The second-order valence-electron chi connectivity index (χ2n) is 6.87. The Hall–Kier alpha value is -1.63. The fourth-order valence-electron chi connectivity index (χ4n) is 4.03. The molecule has 0 heterocycles. The van der Waals surface area contributed by atoms with Crippen LogP contribution in [0.4, 0.5) is 0 Å². The highest BCUT2D eigenvalue weighted by Crippen LogP contribution is 2.49. The quantitative estimate of drug-likeness (QED) is 0.841. The fourth-order valence-corrected chi connectivity index (χ4v) is 4.03. The van der Waals surface area contributed by atoms with Gasteiger partial charge in [0.25, 0.3) is 0 Å². The summed E-state index contributed by atoms with van der Waals surface area (Å²) in [6.07, 6.45) is 1.63. The molecule has 1 unspecified atom stereocenters. The fraction of sp³-hybridized carbons (Fsp3) is 0.550. The maximum atomic E-state index is 11.9. The third-order valence-corrected chi connectivity index (χ3v) is 5.42. The second kappa shape index (κ2) is 6.86. The Labute approximate surface area is 137 Å². The van der Waals surface area contributed by atoms with Crippen LogP contribution in [0.2, 0.25) is 0 Å². The number of aliphatic hydroxyl groups excluding tert-OH is 2. The monoisotopic (exact) mass is 312 g/mol. The first kappa shape index (κ1) is 16.2. The number of hydrogen-bond acceptors (Lipinski definition) is 3. The van der Waals surface area contributed by atoms with Gasteiger partial charge >= 0.3 is 0 Å². The van der Waals surface area contributed by atoms with Crippen molar-refractivity contribution in [2.75, 3.05) is 0 Å². The van der Waals surface area contributed by atoms with Gasteiger partial charge in [-0.05, 0) is 37.2 Å². The predicted molar refractivity (Wildman–Crippen MR) is 88.4 cm³/mol. The summed E-state index contributed by atoms with van der Waals surface area (Å²) in [4.78, 5) is 11.9. The molecule has 1 aromatic rings. The van der Waals surface area contributed by atoms with Crippen molar-refractivity contribution < 1.29 is 15.0 Å². The van der Waals surface area contributed by atoms with Crippen LogP contribution in [0.1, 0.15) is 31.7 Å². The average molecular weight is 312 g/mol. The molecule has 2 fully saturated rings. The van der Waals surface area contributed by atoms with Gasteiger partial charge in [0.1, 0.15) is 11.9 Å². The van der Waals surface area contributed by atoms with Crippen molar-refractivity contribution in [3.8, 4) is 11.8 Å². The highest BCUT2D eigenvalue weighted by atomic mass is 16.3. The van der Waals surface area contributed by atoms with E-state index in [2.05, 4.69) is 11.8 Å². The number of aliphatic hydroxyl groups is 2. The van der Waals surface area contributed by atoms with E-state index in [1.54, 1.807) is 0 Å². The van der Waals surface area contributed by atoms with Gasteiger partial charge in [-0.3, -0.25) is 4.79 Å². The van der Waals surface area contributed by atoms with Gasteiger partial charge in [-0.25, -0.2) is 0 Å². The Morgan fingerprint density at radius 1 is 1.26 bits per heavy atom. The normalized spacial score (nSPS) is 33.9. The van der Waals surface area contributed by atoms with E-state index in [0.717, 1.165) is 12.8 Å². The van der Waals surface area contributed by atoms with Crippen molar-refractivity contribution in [2.45, 2.75) is 44.8 Å². The number of aryl methyl sites for hydroxylation is 1. The molecule has 0 saturated heterocycles. The minimum atomic E-state index is -0.686. The Morgan fingerprint density at radius 2 is 2.00 bits per heavy atom. The summed E-state index contributed by atoms with van der Waals surface area (Å²) in [6.45, 7) is 1.93. The third-order valence-electron chi connectivity index (χ3n) is 5.42. The molecular formula is C20H24O3. The number of fused-ring (bicyclic) bond motifs is 1. The molecule has 0 bridgehead atoms. The highest BCUT2D eigenvalue weighted by molar-refractivity contribution is 5.90. The summed E-state index contributed by atoms with van der Waals surface area (Å²) in [5.41, 5.74) is 1.18. The number of carbonyl (C=O) groups excluding carboxylic acids is 1. The first-order valence-corrected chi connectivity index (χ1v) is 8.52. The SMILES string of the molecule is CC1C(=O)[C@@H]2CC[C@H](O)[C@@H](C#C[C@@H](O)CCc3ccccc3)[C@H]12. The molecule has 2 N–H and O–H groups in total. The summed E-state index contributed by atoms with van der Waals surface area (Å²) >= 11 is 0. The lowest BCUT2D eigenvalue weighted by Crippen LogP contribution is -2.55. The molecule has 122 valence electrons. The molecule has 0 amide bonds. The maximum Gasteiger partial charge on any atom is 0.139 e. The number of benzene rings is 1. The predicted octanol–water partition coefficient (Wildman–Crippen LogP) is 2.21. The average Bonchev–Trinajstić information content (AvgIpc) is 2.58. The Kier molecular flexibility index (Phi) is 4.84. The van der Waals surface area contributed by atoms with Crippen molar-refractivity contribution in [1.29, 1.82) is 0 Å². The molecule has 2 aliphatic rings. The zero-order chi connectivity index (χ0) is 16.4. The van der Waals surface area contributed by atoms with E-state index in [1.165, 1.54) is 5.56 Å². The van der Waals surface area contributed by atoms with E-state index in [9.17, 15) is 15.0 Å². The molecule has 3 nitrogen and oxygen atoms in total. The molecule has 0 aliphatic heterocycles. The van der Waals surface area contributed by atoms with Gasteiger partial charge in [0.15, 0.2) is 0 Å². The van der Waals surface area contributed by atoms with Gasteiger partial charge in [-0.2, -0.15) is 0 Å². The Morgan fingerprint density at radius 3 is 2.74 bits per heavy atom. The zero-order valence-corrected chi connectivity index (χ0v) is 13.5. The molecule has 0 spiro atoms. The van der Waals surface area contributed by atoms with Crippen molar-refractivity contribution in [1.82, 2.24) is 0 Å². The van der Waals surface area contributed by atoms with Crippen LogP contribution >= 0.6 is 0 Å². The lowest BCUT2D eigenvalue weighted by Gasteiger charge is -2.49. The second-order valence-corrected chi connectivity index (χ2v) is 6.87. The molecular weight excluding hydrogens is 288 g/mol. The minimum Gasteiger partial charge on any atom is -0.392 e. The molecule has 3 heteroatoms. The molecule has 2 saturated carbocycles. The standard InChI is InChI=1S/C20H24O3/c1-13-19-16(18(22)12-11-17(19)20(13)23)10-9-15(21)8-7-14-5-3-2-4-6-14/h2-6,13,15-19,21-22H,7-8,11-12H2,1H3/t13?,15-,16+,17+,18-,19-/m0/s1. The van der Waals surface area contributed by atoms with Crippen LogP contribution in [0, 0.1) is 35.5 Å². The van der Waals surface area contributed by atoms with E-state index in [-0.39, 0.29) is 23.7 Å². The zero-order valence-electron chi connectivity index (χ0n) is 13.5.